The summed E-state index contributed by atoms with van der Waals surface area (Å²) < 4.78 is 5.25. The van der Waals surface area contributed by atoms with Gasteiger partial charge in [-0.1, -0.05) is 194 Å². The largest absolute Gasteiger partial charge is 0.135 e. The molecule has 0 spiro atoms. The van der Waals surface area contributed by atoms with Crippen LogP contribution in [0.25, 0.3) is 139 Å². The Morgan fingerprint density at radius 1 is 0.197 bits per heavy atom. The summed E-state index contributed by atoms with van der Waals surface area (Å²) in [5.74, 6) is 0. The number of thiophene rings is 2. The zero-order chi connectivity index (χ0) is 43.3. The number of benzene rings is 12. The molecular formula is C64H38S2. The minimum Gasteiger partial charge on any atom is -0.135 e. The molecule has 0 saturated heterocycles. The molecule has 0 aliphatic heterocycles. The standard InChI is InChI=1S/C64H38S2/c1-3-17-39(18-4-1)41-23-11-27-47-53(41)37-54-42(40-19-5-2-6-20-40)24-12-28-48(54)63(47)64-49-29-13-25-43(45-31-15-35-59-61(45)51-21-7-9-33-57(51)65-59)55(49)38-56-44(26-14-30-50(56)64)46-32-16-36-60-62(46)52-22-8-10-34-58(52)66-60/h1-38H. The number of fused-ring (bicyclic) bond motifs is 10. The average molecular weight is 871 g/mol. The fourth-order valence-electron chi connectivity index (χ4n) is 11.1. The first-order chi connectivity index (χ1) is 32.8. The molecular weight excluding hydrogens is 833 g/mol. The van der Waals surface area contributed by atoms with Gasteiger partial charge in [0.15, 0.2) is 0 Å². The molecule has 2 aromatic heterocycles. The van der Waals surface area contributed by atoms with Gasteiger partial charge in [0.1, 0.15) is 0 Å². The second kappa shape index (κ2) is 14.8. The third-order valence-corrected chi connectivity index (χ3v) is 16.2. The van der Waals surface area contributed by atoms with E-state index in [4.69, 9.17) is 0 Å². The Bertz CT molecular complexity index is 4000. The van der Waals surface area contributed by atoms with Crippen LogP contribution in [0.3, 0.4) is 0 Å². The molecule has 0 aliphatic rings. The Balaban J connectivity index is 1.19. The summed E-state index contributed by atoms with van der Waals surface area (Å²) in [6, 6.07) is 86.3. The first kappa shape index (κ1) is 37.5. The topological polar surface area (TPSA) is 0 Å². The maximum absolute atomic E-state index is 2.53. The maximum atomic E-state index is 2.53. The van der Waals surface area contributed by atoms with Gasteiger partial charge in [-0.05, 0) is 135 Å². The summed E-state index contributed by atoms with van der Waals surface area (Å²) in [7, 11) is 0. The van der Waals surface area contributed by atoms with Gasteiger partial charge in [-0.3, -0.25) is 0 Å². The van der Waals surface area contributed by atoms with Gasteiger partial charge in [0, 0.05) is 40.3 Å². The van der Waals surface area contributed by atoms with Crippen LogP contribution in [0.2, 0.25) is 0 Å². The molecule has 0 aliphatic carbocycles. The van der Waals surface area contributed by atoms with Gasteiger partial charge in [-0.25, -0.2) is 0 Å². The van der Waals surface area contributed by atoms with Crippen LogP contribution in [0.5, 0.6) is 0 Å². The highest BCUT2D eigenvalue weighted by atomic mass is 32.1. The van der Waals surface area contributed by atoms with Crippen LogP contribution in [0, 0.1) is 0 Å². The van der Waals surface area contributed by atoms with Crippen molar-refractivity contribution in [2.24, 2.45) is 0 Å². The monoisotopic (exact) mass is 870 g/mol. The van der Waals surface area contributed by atoms with Crippen LogP contribution in [0.4, 0.5) is 0 Å². The second-order valence-electron chi connectivity index (χ2n) is 17.4. The summed E-state index contributed by atoms with van der Waals surface area (Å²) in [5.41, 5.74) is 12.5. The third kappa shape index (κ3) is 5.62. The molecule has 306 valence electrons. The van der Waals surface area contributed by atoms with Gasteiger partial charge in [0.05, 0.1) is 0 Å². The van der Waals surface area contributed by atoms with E-state index in [-0.39, 0.29) is 0 Å². The highest BCUT2D eigenvalue weighted by molar-refractivity contribution is 7.26. The van der Waals surface area contributed by atoms with Crippen LogP contribution in [-0.4, -0.2) is 0 Å². The smallest absolute Gasteiger partial charge is 0.0361 e. The molecule has 2 heteroatoms. The molecule has 0 fully saturated rings. The van der Waals surface area contributed by atoms with Crippen LogP contribution in [-0.2, 0) is 0 Å². The molecule has 12 aromatic carbocycles. The lowest BCUT2D eigenvalue weighted by Gasteiger charge is -2.22. The third-order valence-electron chi connectivity index (χ3n) is 13.9. The van der Waals surface area contributed by atoms with Crippen molar-refractivity contribution in [3.05, 3.63) is 231 Å². The average Bonchev–Trinajstić information content (AvgIpc) is 3.96. The van der Waals surface area contributed by atoms with Gasteiger partial charge < -0.3 is 0 Å². The Labute approximate surface area is 389 Å². The molecule has 0 unspecified atom stereocenters. The van der Waals surface area contributed by atoms with Gasteiger partial charge in [-0.15, -0.1) is 22.7 Å². The molecule has 0 radical (unpaired) electrons. The molecule has 66 heavy (non-hydrogen) atoms. The second-order valence-corrected chi connectivity index (χ2v) is 19.6. The van der Waals surface area contributed by atoms with Gasteiger partial charge in [0.25, 0.3) is 0 Å². The minimum absolute atomic E-state index is 1.21. The molecule has 14 rings (SSSR count). The zero-order valence-electron chi connectivity index (χ0n) is 35.8. The van der Waals surface area contributed by atoms with Crippen LogP contribution in [0.1, 0.15) is 0 Å². The maximum Gasteiger partial charge on any atom is 0.0361 e. The molecule has 0 nitrogen and oxygen atoms in total. The lowest BCUT2D eigenvalue weighted by Crippen LogP contribution is -1.94. The number of hydrogen-bond donors (Lipinski definition) is 0. The Morgan fingerprint density at radius 3 is 0.924 bits per heavy atom. The molecule has 0 N–H and O–H groups in total. The summed E-state index contributed by atoms with van der Waals surface area (Å²) in [6.45, 7) is 0. The fourth-order valence-corrected chi connectivity index (χ4v) is 13.3. The zero-order valence-corrected chi connectivity index (χ0v) is 37.4. The molecule has 0 amide bonds. The van der Waals surface area contributed by atoms with Crippen molar-refractivity contribution in [1.82, 2.24) is 0 Å². The first-order valence-corrected chi connectivity index (χ1v) is 24.3. The SMILES string of the molecule is c1ccc(-c2cccc3c(-c4c5cccc(-c6cccc7sc8ccccc8c67)c5cc5c(-c6cccc7sc8ccccc8c67)cccc45)c4cccc(-c5ccccc5)c4cc23)cc1. The van der Waals surface area contributed by atoms with Crippen molar-refractivity contribution in [1.29, 1.82) is 0 Å². The van der Waals surface area contributed by atoms with E-state index in [0.717, 1.165) is 0 Å². The van der Waals surface area contributed by atoms with Crippen molar-refractivity contribution in [3.8, 4) is 55.6 Å². The van der Waals surface area contributed by atoms with E-state index < -0.39 is 0 Å². The van der Waals surface area contributed by atoms with Crippen LogP contribution >= 0.6 is 22.7 Å². The van der Waals surface area contributed by atoms with E-state index in [1.54, 1.807) is 0 Å². The number of rotatable bonds is 5. The van der Waals surface area contributed by atoms with E-state index in [2.05, 4.69) is 231 Å². The van der Waals surface area contributed by atoms with E-state index in [1.807, 2.05) is 22.7 Å². The van der Waals surface area contributed by atoms with Crippen molar-refractivity contribution in [2.75, 3.05) is 0 Å². The normalized spacial score (nSPS) is 11.9. The fraction of sp³-hybridized carbons (Fsp3) is 0. The highest BCUT2D eigenvalue weighted by Gasteiger charge is 2.23. The van der Waals surface area contributed by atoms with Crippen molar-refractivity contribution >= 4 is 106 Å². The first-order valence-electron chi connectivity index (χ1n) is 22.7. The van der Waals surface area contributed by atoms with E-state index in [9.17, 15) is 0 Å². The molecule has 0 atom stereocenters. The predicted molar refractivity (Wildman–Crippen MR) is 289 cm³/mol. The van der Waals surface area contributed by atoms with Crippen molar-refractivity contribution in [2.45, 2.75) is 0 Å². The lowest BCUT2D eigenvalue weighted by atomic mass is 9.81. The van der Waals surface area contributed by atoms with Crippen molar-refractivity contribution in [3.63, 3.8) is 0 Å². The van der Waals surface area contributed by atoms with E-state index >= 15 is 0 Å². The Hall–Kier alpha value is -7.88. The van der Waals surface area contributed by atoms with Crippen molar-refractivity contribution < 1.29 is 0 Å². The lowest BCUT2D eigenvalue weighted by molar-refractivity contribution is 1.64. The Morgan fingerprint density at radius 2 is 0.500 bits per heavy atom. The Kier molecular flexibility index (Phi) is 8.43. The predicted octanol–water partition coefficient (Wildman–Crippen LogP) is 19.4. The molecule has 0 saturated carbocycles. The van der Waals surface area contributed by atoms with Crippen LogP contribution in [0.15, 0.2) is 231 Å². The summed E-state index contributed by atoms with van der Waals surface area (Å²) in [5, 5.41) is 15.3. The van der Waals surface area contributed by atoms with Gasteiger partial charge >= 0.3 is 0 Å². The summed E-state index contributed by atoms with van der Waals surface area (Å²) in [6.07, 6.45) is 0. The molecule has 14 aromatic rings. The number of hydrogen-bond acceptors (Lipinski definition) is 2. The summed E-state index contributed by atoms with van der Waals surface area (Å²) >= 11 is 3.77. The van der Waals surface area contributed by atoms with E-state index in [1.165, 1.54) is 139 Å². The minimum atomic E-state index is 1.21. The van der Waals surface area contributed by atoms with Crippen LogP contribution < -0.4 is 0 Å². The quantitative estimate of drug-likeness (QED) is 0.151. The molecule has 0 bridgehead atoms. The molecule has 2 heterocycles. The van der Waals surface area contributed by atoms with Gasteiger partial charge in [-0.2, -0.15) is 0 Å². The van der Waals surface area contributed by atoms with E-state index in [0.29, 0.717) is 0 Å². The summed E-state index contributed by atoms with van der Waals surface area (Å²) in [4.78, 5) is 0. The highest BCUT2D eigenvalue weighted by Crippen LogP contribution is 2.51. The van der Waals surface area contributed by atoms with Gasteiger partial charge in [0.2, 0.25) is 0 Å².